The van der Waals surface area contributed by atoms with Crippen LogP contribution in [0.5, 0.6) is 0 Å². The molecule has 0 aliphatic rings. The van der Waals surface area contributed by atoms with Crippen molar-refractivity contribution < 1.29 is 0 Å². The highest BCUT2D eigenvalue weighted by molar-refractivity contribution is 9.10. The van der Waals surface area contributed by atoms with Crippen molar-refractivity contribution in [2.75, 3.05) is 0 Å². The normalized spacial score (nSPS) is 13.0. The first-order valence-electron chi connectivity index (χ1n) is 6.07. The number of halogens is 1. The van der Waals surface area contributed by atoms with Crippen molar-refractivity contribution in [3.63, 3.8) is 0 Å². The molecule has 1 unspecified atom stereocenters. The molecule has 2 rings (SSSR count). The van der Waals surface area contributed by atoms with Crippen LogP contribution in [0, 0.1) is 12.8 Å². The maximum absolute atomic E-state index is 6.12. The molecule has 0 aliphatic heterocycles. The van der Waals surface area contributed by atoms with Crippen LogP contribution in [-0.2, 0) is 0 Å². The number of aromatic amines is 1. The van der Waals surface area contributed by atoms with Crippen LogP contribution in [-0.4, -0.2) is 9.97 Å². The van der Waals surface area contributed by atoms with Crippen LogP contribution in [0.25, 0.3) is 11.3 Å². The second-order valence-electron chi connectivity index (χ2n) is 4.87. The van der Waals surface area contributed by atoms with Gasteiger partial charge in [0.15, 0.2) is 0 Å². The molecule has 4 heteroatoms. The van der Waals surface area contributed by atoms with Crippen LogP contribution in [0.4, 0.5) is 0 Å². The average molecular weight is 308 g/mol. The third kappa shape index (κ3) is 2.65. The molecule has 1 atom stereocenters. The van der Waals surface area contributed by atoms with Crippen LogP contribution in [0.1, 0.15) is 31.4 Å². The highest BCUT2D eigenvalue weighted by Gasteiger charge is 2.16. The summed E-state index contributed by atoms with van der Waals surface area (Å²) in [5.41, 5.74) is 9.27. The van der Waals surface area contributed by atoms with Crippen molar-refractivity contribution in [2.24, 2.45) is 11.7 Å². The second-order valence-corrected chi connectivity index (χ2v) is 5.79. The first kappa shape index (κ1) is 13.3. The van der Waals surface area contributed by atoms with Gasteiger partial charge < -0.3 is 10.7 Å². The van der Waals surface area contributed by atoms with Gasteiger partial charge in [-0.15, -0.1) is 0 Å². The Morgan fingerprint density at radius 3 is 2.39 bits per heavy atom. The second kappa shape index (κ2) is 5.24. The third-order valence-electron chi connectivity index (χ3n) is 3.05. The van der Waals surface area contributed by atoms with E-state index < -0.39 is 0 Å². The number of nitrogens with zero attached hydrogens (tertiary/aromatic N) is 1. The van der Waals surface area contributed by atoms with E-state index in [1.807, 2.05) is 19.1 Å². The number of aryl methyl sites for hydroxylation is 1. The number of imidazole rings is 1. The van der Waals surface area contributed by atoms with Gasteiger partial charge in [0.1, 0.15) is 5.82 Å². The Morgan fingerprint density at radius 1 is 1.22 bits per heavy atom. The number of H-pyrrole nitrogens is 1. The van der Waals surface area contributed by atoms with Gasteiger partial charge in [0, 0.05) is 15.7 Å². The minimum Gasteiger partial charge on any atom is -0.344 e. The van der Waals surface area contributed by atoms with E-state index in [1.165, 1.54) is 0 Å². The van der Waals surface area contributed by atoms with Crippen molar-refractivity contribution in [1.29, 1.82) is 0 Å². The zero-order chi connectivity index (χ0) is 13.3. The lowest BCUT2D eigenvalue weighted by Gasteiger charge is -2.11. The zero-order valence-electron chi connectivity index (χ0n) is 10.9. The first-order chi connectivity index (χ1) is 8.49. The topological polar surface area (TPSA) is 54.7 Å². The van der Waals surface area contributed by atoms with Crippen molar-refractivity contribution >= 4 is 15.9 Å². The summed E-state index contributed by atoms with van der Waals surface area (Å²) in [5.74, 6) is 1.23. The maximum atomic E-state index is 6.12. The molecule has 3 N–H and O–H groups in total. The first-order valence-corrected chi connectivity index (χ1v) is 6.86. The highest BCUT2D eigenvalue weighted by atomic mass is 79.9. The lowest BCUT2D eigenvalue weighted by molar-refractivity contribution is 0.494. The predicted molar refractivity (Wildman–Crippen MR) is 78.2 cm³/mol. The standard InChI is InChI=1S/C14H18BrN3/c1-8(2)12(16)14-17-9(3)13(18-14)10-4-6-11(15)7-5-10/h4-8,12H,16H2,1-3H3,(H,17,18). The largest absolute Gasteiger partial charge is 0.344 e. The molecule has 0 aliphatic carbocycles. The molecule has 0 spiro atoms. The number of hydrogen-bond donors (Lipinski definition) is 2. The molecule has 0 saturated carbocycles. The monoisotopic (exact) mass is 307 g/mol. The Bertz CT molecular complexity index is 528. The fourth-order valence-corrected chi connectivity index (χ4v) is 2.11. The average Bonchev–Trinajstić information content (AvgIpc) is 2.71. The van der Waals surface area contributed by atoms with Crippen LogP contribution in [0.2, 0.25) is 0 Å². The Balaban J connectivity index is 2.38. The summed E-state index contributed by atoms with van der Waals surface area (Å²) in [6.45, 7) is 6.23. The van der Waals surface area contributed by atoms with E-state index in [-0.39, 0.29) is 6.04 Å². The van der Waals surface area contributed by atoms with Gasteiger partial charge in [-0.2, -0.15) is 0 Å². The molecule has 96 valence electrons. The summed E-state index contributed by atoms with van der Waals surface area (Å²) in [7, 11) is 0. The van der Waals surface area contributed by atoms with Gasteiger partial charge in [0.2, 0.25) is 0 Å². The molecule has 1 heterocycles. The lowest BCUT2D eigenvalue weighted by atomic mass is 10.1. The van der Waals surface area contributed by atoms with Gasteiger partial charge in [-0.25, -0.2) is 4.98 Å². The molecule has 0 radical (unpaired) electrons. The van der Waals surface area contributed by atoms with Gasteiger partial charge >= 0.3 is 0 Å². The van der Waals surface area contributed by atoms with E-state index in [9.17, 15) is 0 Å². The smallest absolute Gasteiger partial charge is 0.124 e. The van der Waals surface area contributed by atoms with E-state index in [2.05, 4.69) is 51.9 Å². The predicted octanol–water partition coefficient (Wildman–Crippen LogP) is 3.80. The van der Waals surface area contributed by atoms with Crippen molar-refractivity contribution in [3.05, 3.63) is 40.3 Å². The van der Waals surface area contributed by atoms with Crippen molar-refractivity contribution in [1.82, 2.24) is 9.97 Å². The quantitative estimate of drug-likeness (QED) is 0.906. The highest BCUT2D eigenvalue weighted by Crippen LogP contribution is 2.26. The van der Waals surface area contributed by atoms with Crippen molar-refractivity contribution in [2.45, 2.75) is 26.8 Å². The molecular formula is C14H18BrN3. The zero-order valence-corrected chi connectivity index (χ0v) is 12.5. The van der Waals surface area contributed by atoms with E-state index in [0.717, 1.165) is 27.2 Å². The molecule has 1 aromatic carbocycles. The van der Waals surface area contributed by atoms with Gasteiger partial charge in [-0.3, -0.25) is 0 Å². The van der Waals surface area contributed by atoms with E-state index in [4.69, 9.17) is 5.73 Å². The molecule has 1 aromatic heterocycles. The Morgan fingerprint density at radius 2 is 1.83 bits per heavy atom. The number of hydrogen-bond acceptors (Lipinski definition) is 2. The SMILES string of the molecule is Cc1[nH]c(C(N)C(C)C)nc1-c1ccc(Br)cc1. The minimum absolute atomic E-state index is 0.0482. The maximum Gasteiger partial charge on any atom is 0.124 e. The van der Waals surface area contributed by atoms with Crippen LogP contribution < -0.4 is 5.73 Å². The summed E-state index contributed by atoms with van der Waals surface area (Å²) < 4.78 is 1.07. The lowest BCUT2D eigenvalue weighted by Crippen LogP contribution is -2.18. The third-order valence-corrected chi connectivity index (χ3v) is 3.58. The van der Waals surface area contributed by atoms with Gasteiger partial charge in [-0.05, 0) is 25.0 Å². The molecular weight excluding hydrogens is 290 g/mol. The van der Waals surface area contributed by atoms with E-state index >= 15 is 0 Å². The number of aromatic nitrogens is 2. The fraction of sp³-hybridized carbons (Fsp3) is 0.357. The minimum atomic E-state index is -0.0482. The number of nitrogens with two attached hydrogens (primary N) is 1. The fourth-order valence-electron chi connectivity index (χ4n) is 1.85. The van der Waals surface area contributed by atoms with Crippen molar-refractivity contribution in [3.8, 4) is 11.3 Å². The van der Waals surface area contributed by atoms with E-state index in [0.29, 0.717) is 5.92 Å². The summed E-state index contributed by atoms with van der Waals surface area (Å²) >= 11 is 3.44. The molecule has 0 saturated heterocycles. The van der Waals surface area contributed by atoms with Crippen LogP contribution >= 0.6 is 15.9 Å². The molecule has 18 heavy (non-hydrogen) atoms. The number of benzene rings is 1. The Labute approximate surface area is 116 Å². The molecule has 2 aromatic rings. The summed E-state index contributed by atoms with van der Waals surface area (Å²) in [5, 5.41) is 0. The number of nitrogens with one attached hydrogen (secondary N) is 1. The molecule has 0 fully saturated rings. The molecule has 0 amide bonds. The molecule has 0 bridgehead atoms. The summed E-state index contributed by atoms with van der Waals surface area (Å²) in [6.07, 6.45) is 0. The number of rotatable bonds is 3. The summed E-state index contributed by atoms with van der Waals surface area (Å²) in [4.78, 5) is 7.93. The molecule has 3 nitrogen and oxygen atoms in total. The van der Waals surface area contributed by atoms with Gasteiger partial charge in [0.05, 0.1) is 11.7 Å². The Hall–Kier alpha value is -1.13. The van der Waals surface area contributed by atoms with Crippen LogP contribution in [0.15, 0.2) is 28.7 Å². The van der Waals surface area contributed by atoms with Gasteiger partial charge in [-0.1, -0.05) is 41.9 Å². The van der Waals surface area contributed by atoms with Crippen LogP contribution in [0.3, 0.4) is 0 Å². The Kier molecular flexibility index (Phi) is 3.88. The summed E-state index contributed by atoms with van der Waals surface area (Å²) in [6, 6.07) is 8.10. The van der Waals surface area contributed by atoms with Gasteiger partial charge in [0.25, 0.3) is 0 Å². The van der Waals surface area contributed by atoms with E-state index in [1.54, 1.807) is 0 Å².